The van der Waals surface area contributed by atoms with Crippen molar-refractivity contribution in [2.24, 2.45) is 0 Å². The lowest BCUT2D eigenvalue weighted by molar-refractivity contribution is -0.386. The number of rotatable bonds is 6. The van der Waals surface area contributed by atoms with Gasteiger partial charge in [-0.1, -0.05) is 13.0 Å². The molecule has 0 radical (unpaired) electrons. The molecule has 2 aromatic rings. The Bertz CT molecular complexity index is 649. The molecular weight excluding hydrogens is 288 g/mol. The Morgan fingerprint density at radius 3 is 2.86 bits per heavy atom. The number of para-hydroxylation sites is 1. The van der Waals surface area contributed by atoms with Crippen LogP contribution in [0.4, 0.5) is 11.4 Å². The summed E-state index contributed by atoms with van der Waals surface area (Å²) in [4.78, 5) is 19.9. The van der Waals surface area contributed by atoms with Gasteiger partial charge in [-0.15, -0.1) is 0 Å². The Hall–Kier alpha value is -2.15. The fourth-order valence-electron chi connectivity index (χ4n) is 1.77. The summed E-state index contributed by atoms with van der Waals surface area (Å²) in [5, 5.41) is 15.0. The van der Waals surface area contributed by atoms with Gasteiger partial charge in [-0.25, -0.2) is 9.97 Å². The molecule has 0 amide bonds. The molecule has 0 bridgehead atoms. The third-order valence-electron chi connectivity index (χ3n) is 2.72. The van der Waals surface area contributed by atoms with Gasteiger partial charge in [0.2, 0.25) is 0 Å². The van der Waals surface area contributed by atoms with Crippen molar-refractivity contribution in [1.29, 1.82) is 0 Å². The van der Waals surface area contributed by atoms with Crippen LogP contribution in [-0.4, -0.2) is 21.4 Å². The largest absolute Gasteiger partial charge is 0.379 e. The van der Waals surface area contributed by atoms with E-state index in [2.05, 4.69) is 15.3 Å². The number of hydrogen-bond donors (Lipinski definition) is 1. The number of aryl methyl sites for hydroxylation is 1. The molecule has 0 aliphatic carbocycles. The minimum absolute atomic E-state index is 0.0704. The molecule has 0 aliphatic rings. The van der Waals surface area contributed by atoms with Crippen LogP contribution in [0.2, 0.25) is 0 Å². The highest BCUT2D eigenvalue weighted by Crippen LogP contribution is 2.38. The van der Waals surface area contributed by atoms with Crippen molar-refractivity contribution in [3.63, 3.8) is 0 Å². The molecule has 21 heavy (non-hydrogen) atoms. The van der Waals surface area contributed by atoms with E-state index >= 15 is 0 Å². The Morgan fingerprint density at radius 1 is 1.38 bits per heavy atom. The summed E-state index contributed by atoms with van der Waals surface area (Å²) in [6, 6.07) is 7.02. The highest BCUT2D eigenvalue weighted by atomic mass is 32.2. The van der Waals surface area contributed by atoms with Crippen molar-refractivity contribution in [2.75, 3.05) is 11.9 Å². The van der Waals surface area contributed by atoms with Gasteiger partial charge in [-0.3, -0.25) is 10.1 Å². The highest BCUT2D eigenvalue weighted by Gasteiger charge is 2.20. The average Bonchev–Trinajstić information content (AvgIpc) is 2.45. The summed E-state index contributed by atoms with van der Waals surface area (Å²) < 4.78 is 0. The average molecular weight is 304 g/mol. The van der Waals surface area contributed by atoms with Gasteiger partial charge in [0.25, 0.3) is 0 Å². The summed E-state index contributed by atoms with van der Waals surface area (Å²) in [7, 11) is 0. The molecule has 0 spiro atoms. The molecule has 0 saturated carbocycles. The van der Waals surface area contributed by atoms with Gasteiger partial charge in [-0.2, -0.15) is 0 Å². The predicted octanol–water partition coefficient (Wildman–Crippen LogP) is 3.67. The first-order valence-corrected chi connectivity index (χ1v) is 7.42. The lowest BCUT2D eigenvalue weighted by atomic mass is 10.2. The lowest BCUT2D eigenvalue weighted by Crippen LogP contribution is -2.04. The fourth-order valence-corrected chi connectivity index (χ4v) is 2.70. The Balaban J connectivity index is 2.36. The Morgan fingerprint density at radius 2 is 2.19 bits per heavy atom. The Labute approximate surface area is 127 Å². The van der Waals surface area contributed by atoms with Crippen molar-refractivity contribution in [2.45, 2.75) is 30.3 Å². The first-order chi connectivity index (χ1) is 10.1. The van der Waals surface area contributed by atoms with Gasteiger partial charge in [0.15, 0.2) is 5.16 Å². The zero-order valence-electron chi connectivity index (χ0n) is 11.9. The molecule has 6 nitrogen and oxygen atoms in total. The van der Waals surface area contributed by atoms with E-state index in [0.29, 0.717) is 22.3 Å². The van der Waals surface area contributed by atoms with Crippen LogP contribution in [0, 0.1) is 17.0 Å². The number of hydrogen-bond acceptors (Lipinski definition) is 6. The van der Waals surface area contributed by atoms with Crippen LogP contribution in [0.5, 0.6) is 0 Å². The number of aromatic nitrogens is 2. The molecule has 1 heterocycles. The van der Waals surface area contributed by atoms with Gasteiger partial charge in [0.05, 0.1) is 9.82 Å². The van der Waals surface area contributed by atoms with E-state index < -0.39 is 0 Å². The zero-order chi connectivity index (χ0) is 15.2. The monoisotopic (exact) mass is 304 g/mol. The standard InChI is InChI=1S/C14H16N4O2S/c1-3-8-15-11-5-4-6-12(13(11)18(19)20)21-14-16-9-7-10(2)17-14/h4-7,9,15H,3,8H2,1-2H3. The first-order valence-electron chi connectivity index (χ1n) is 6.60. The van der Waals surface area contributed by atoms with E-state index in [-0.39, 0.29) is 10.6 Å². The van der Waals surface area contributed by atoms with Gasteiger partial charge >= 0.3 is 5.69 Å². The normalized spacial score (nSPS) is 10.4. The maximum Gasteiger partial charge on any atom is 0.306 e. The predicted molar refractivity (Wildman–Crippen MR) is 82.8 cm³/mol. The number of nitrogens with zero attached hydrogens (tertiary/aromatic N) is 3. The second-order valence-electron chi connectivity index (χ2n) is 4.42. The van der Waals surface area contributed by atoms with E-state index in [1.54, 1.807) is 30.5 Å². The molecule has 7 heteroatoms. The van der Waals surface area contributed by atoms with Crippen molar-refractivity contribution < 1.29 is 4.92 Å². The number of nitro benzene ring substituents is 1. The molecule has 110 valence electrons. The van der Waals surface area contributed by atoms with Crippen LogP contribution in [0.15, 0.2) is 40.5 Å². The molecule has 0 fully saturated rings. The number of anilines is 1. The number of nitrogens with one attached hydrogen (secondary N) is 1. The molecule has 0 aliphatic heterocycles. The highest BCUT2D eigenvalue weighted by molar-refractivity contribution is 7.99. The van der Waals surface area contributed by atoms with Gasteiger partial charge < -0.3 is 5.32 Å². The van der Waals surface area contributed by atoms with E-state index in [9.17, 15) is 10.1 Å². The minimum Gasteiger partial charge on any atom is -0.379 e. The summed E-state index contributed by atoms with van der Waals surface area (Å²) in [6.45, 7) is 4.56. The summed E-state index contributed by atoms with van der Waals surface area (Å²) in [5.41, 5.74) is 1.43. The van der Waals surface area contributed by atoms with E-state index in [0.717, 1.165) is 12.1 Å². The second-order valence-corrected chi connectivity index (χ2v) is 5.43. The van der Waals surface area contributed by atoms with Crippen LogP contribution < -0.4 is 5.32 Å². The van der Waals surface area contributed by atoms with E-state index in [4.69, 9.17) is 0 Å². The van der Waals surface area contributed by atoms with Gasteiger partial charge in [0, 0.05) is 18.4 Å². The van der Waals surface area contributed by atoms with Crippen LogP contribution in [-0.2, 0) is 0 Å². The van der Waals surface area contributed by atoms with Crippen molar-refractivity contribution in [3.8, 4) is 0 Å². The number of nitro groups is 1. The molecule has 1 N–H and O–H groups in total. The zero-order valence-corrected chi connectivity index (χ0v) is 12.7. The topological polar surface area (TPSA) is 81.0 Å². The summed E-state index contributed by atoms with van der Waals surface area (Å²) in [6.07, 6.45) is 2.55. The SMILES string of the molecule is CCCNc1cccc(Sc2nccc(C)n2)c1[N+](=O)[O-]. The third-order valence-corrected chi connectivity index (χ3v) is 3.65. The maximum absolute atomic E-state index is 11.4. The summed E-state index contributed by atoms with van der Waals surface area (Å²) in [5.74, 6) is 0. The lowest BCUT2D eigenvalue weighted by Gasteiger charge is -2.08. The Kier molecular flexibility index (Phi) is 5.10. The molecule has 0 atom stereocenters. The third kappa shape index (κ3) is 3.91. The number of benzene rings is 1. The second kappa shape index (κ2) is 7.03. The molecule has 0 saturated heterocycles. The van der Waals surface area contributed by atoms with Crippen LogP contribution in [0.25, 0.3) is 0 Å². The minimum atomic E-state index is -0.365. The molecular formula is C14H16N4O2S. The first kappa shape index (κ1) is 15.2. The summed E-state index contributed by atoms with van der Waals surface area (Å²) >= 11 is 1.20. The van der Waals surface area contributed by atoms with Gasteiger partial charge in [-0.05, 0) is 43.3 Å². The van der Waals surface area contributed by atoms with Crippen LogP contribution >= 0.6 is 11.8 Å². The molecule has 1 aromatic carbocycles. The molecule has 1 aromatic heterocycles. The van der Waals surface area contributed by atoms with Crippen LogP contribution in [0.1, 0.15) is 19.0 Å². The van der Waals surface area contributed by atoms with Crippen molar-refractivity contribution >= 4 is 23.1 Å². The fraction of sp³-hybridized carbons (Fsp3) is 0.286. The quantitative estimate of drug-likeness (QED) is 0.498. The van der Waals surface area contributed by atoms with Crippen molar-refractivity contribution in [3.05, 3.63) is 46.3 Å². The van der Waals surface area contributed by atoms with Crippen LogP contribution in [0.3, 0.4) is 0 Å². The van der Waals surface area contributed by atoms with Gasteiger partial charge in [0.1, 0.15) is 5.69 Å². The smallest absolute Gasteiger partial charge is 0.306 e. The maximum atomic E-state index is 11.4. The van der Waals surface area contributed by atoms with Crippen molar-refractivity contribution in [1.82, 2.24) is 9.97 Å². The van der Waals surface area contributed by atoms with E-state index in [1.807, 2.05) is 13.8 Å². The molecule has 2 rings (SSSR count). The van der Waals surface area contributed by atoms with E-state index in [1.165, 1.54) is 11.8 Å². The molecule has 0 unspecified atom stereocenters.